The molecule has 0 spiro atoms. The largest absolute Gasteiger partial charge is 0.381 e. The smallest absolute Gasteiger partial charge is 0.269 e. The summed E-state index contributed by atoms with van der Waals surface area (Å²) >= 11 is 1.62. The Kier molecular flexibility index (Phi) is 7.39. The number of hydrogen-bond acceptors (Lipinski definition) is 9. The van der Waals surface area contributed by atoms with Crippen LogP contribution in [0.5, 0.6) is 0 Å². The van der Waals surface area contributed by atoms with Crippen molar-refractivity contribution in [2.24, 2.45) is 0 Å². The maximum absolute atomic E-state index is 13.8. The van der Waals surface area contributed by atoms with Gasteiger partial charge in [0.05, 0.1) is 33.2 Å². The Morgan fingerprint density at radius 1 is 0.976 bits per heavy atom. The minimum Gasteiger partial charge on any atom is -0.381 e. The van der Waals surface area contributed by atoms with Crippen LogP contribution >= 0.6 is 11.3 Å². The molecule has 0 saturated carbocycles. The molecule has 12 heteroatoms. The van der Waals surface area contributed by atoms with Gasteiger partial charge in [-0.25, -0.2) is 27.3 Å². The van der Waals surface area contributed by atoms with Gasteiger partial charge >= 0.3 is 0 Å². The second kappa shape index (κ2) is 11.3. The maximum Gasteiger partial charge on any atom is 0.269 e. The van der Waals surface area contributed by atoms with E-state index in [9.17, 15) is 8.42 Å². The lowest BCUT2D eigenvalue weighted by Gasteiger charge is -2.31. The van der Waals surface area contributed by atoms with Crippen molar-refractivity contribution in [1.29, 1.82) is 0 Å². The molecule has 218 valence electrons. The number of thiazole rings is 1. The molecule has 2 fully saturated rings. The van der Waals surface area contributed by atoms with Gasteiger partial charge in [0.1, 0.15) is 11.2 Å². The van der Waals surface area contributed by atoms with Gasteiger partial charge in [0.15, 0.2) is 5.65 Å². The molecule has 2 aliphatic heterocycles. The molecule has 1 aromatic carbocycles. The van der Waals surface area contributed by atoms with E-state index in [0.29, 0.717) is 28.7 Å². The van der Waals surface area contributed by atoms with Crippen LogP contribution in [0.25, 0.3) is 32.9 Å². The van der Waals surface area contributed by atoms with E-state index in [0.717, 1.165) is 74.0 Å². The van der Waals surface area contributed by atoms with Gasteiger partial charge in [0.2, 0.25) is 0 Å². The lowest BCUT2D eigenvalue weighted by Crippen LogP contribution is -2.34. The average Bonchev–Trinajstić information content (AvgIpc) is 3.81. The topological polar surface area (TPSA) is 108 Å². The maximum atomic E-state index is 13.8. The fourth-order valence-corrected chi connectivity index (χ4v) is 8.27. The number of nitrogens with zero attached hydrogens (tertiary/aromatic N) is 7. The third-order valence-electron chi connectivity index (χ3n) is 8.40. The van der Waals surface area contributed by atoms with Crippen molar-refractivity contribution < 1.29 is 13.2 Å². The van der Waals surface area contributed by atoms with Gasteiger partial charge in [-0.15, -0.1) is 11.3 Å². The number of ether oxygens (including phenoxy) is 1. The van der Waals surface area contributed by atoms with Crippen LogP contribution in [0, 0.1) is 0 Å². The zero-order chi connectivity index (χ0) is 28.7. The van der Waals surface area contributed by atoms with Gasteiger partial charge in [0.25, 0.3) is 10.0 Å². The summed E-state index contributed by atoms with van der Waals surface area (Å²) in [6, 6.07) is 8.74. The van der Waals surface area contributed by atoms with Gasteiger partial charge < -0.3 is 9.64 Å². The molecule has 0 amide bonds. The van der Waals surface area contributed by atoms with Crippen molar-refractivity contribution in [2.45, 2.75) is 49.5 Å². The summed E-state index contributed by atoms with van der Waals surface area (Å²) in [6.07, 6.45) is 13.0. The fourth-order valence-electron chi connectivity index (χ4n) is 5.90. The molecule has 42 heavy (non-hydrogen) atoms. The highest BCUT2D eigenvalue weighted by Gasteiger charge is 2.27. The Balaban J connectivity index is 1.30. The lowest BCUT2D eigenvalue weighted by molar-refractivity contribution is 0.0853. The quantitative estimate of drug-likeness (QED) is 0.250. The van der Waals surface area contributed by atoms with Crippen molar-refractivity contribution in [3.05, 3.63) is 66.3 Å². The van der Waals surface area contributed by atoms with E-state index in [1.54, 1.807) is 54.1 Å². The van der Waals surface area contributed by atoms with Crippen molar-refractivity contribution in [2.75, 3.05) is 32.8 Å². The number of fused-ring (bicyclic) bond motifs is 1. The second-order valence-corrected chi connectivity index (χ2v) is 13.8. The van der Waals surface area contributed by atoms with Crippen LogP contribution in [0.1, 0.15) is 49.6 Å². The Morgan fingerprint density at radius 2 is 1.76 bits per heavy atom. The summed E-state index contributed by atoms with van der Waals surface area (Å²) in [5.74, 6) is 0.386. The number of aromatic nitrogens is 6. The highest BCUT2D eigenvalue weighted by atomic mass is 32.2. The zero-order valence-corrected chi connectivity index (χ0v) is 25.1. The van der Waals surface area contributed by atoms with Crippen LogP contribution < -0.4 is 0 Å². The Labute approximate surface area is 249 Å². The second-order valence-electron chi connectivity index (χ2n) is 10.9. The first-order chi connectivity index (χ1) is 20.5. The monoisotopic (exact) mass is 603 g/mol. The summed E-state index contributed by atoms with van der Waals surface area (Å²) in [5.41, 5.74) is 2.99. The van der Waals surface area contributed by atoms with Crippen LogP contribution in [0.4, 0.5) is 0 Å². The molecule has 7 rings (SSSR count). The molecule has 2 saturated heterocycles. The molecule has 10 nitrogen and oxygen atoms in total. The van der Waals surface area contributed by atoms with Gasteiger partial charge in [0, 0.05) is 61.9 Å². The molecule has 0 radical (unpaired) electrons. The van der Waals surface area contributed by atoms with E-state index in [4.69, 9.17) is 19.8 Å². The third-order valence-corrected chi connectivity index (χ3v) is 11.2. The van der Waals surface area contributed by atoms with Gasteiger partial charge in [-0.1, -0.05) is 25.1 Å². The zero-order valence-electron chi connectivity index (χ0n) is 23.5. The normalized spacial score (nSPS) is 17.7. The fraction of sp³-hybridized carbons (Fsp3) is 0.400. The molecule has 0 unspecified atom stereocenters. The number of likely N-dealkylation sites (tertiary alicyclic amines) is 1. The first-order valence-electron chi connectivity index (χ1n) is 14.5. The van der Waals surface area contributed by atoms with Crippen LogP contribution in [-0.2, 0) is 14.8 Å². The van der Waals surface area contributed by atoms with E-state index in [-0.39, 0.29) is 10.5 Å². The van der Waals surface area contributed by atoms with Crippen molar-refractivity contribution >= 4 is 32.5 Å². The first-order valence-corrected chi connectivity index (χ1v) is 16.8. The molecule has 2 aliphatic rings. The van der Waals surface area contributed by atoms with Gasteiger partial charge in [-0.05, 0) is 44.4 Å². The highest BCUT2D eigenvalue weighted by Crippen LogP contribution is 2.37. The Bertz CT molecular complexity index is 1800. The molecular weight excluding hydrogens is 571 g/mol. The molecule has 0 atom stereocenters. The van der Waals surface area contributed by atoms with Crippen LogP contribution in [-0.4, -0.2) is 74.9 Å². The Morgan fingerprint density at radius 3 is 2.52 bits per heavy atom. The Hall–Kier alpha value is -3.45. The number of rotatable bonds is 7. The van der Waals surface area contributed by atoms with Crippen LogP contribution in [0.15, 0.2) is 66.2 Å². The average molecular weight is 604 g/mol. The van der Waals surface area contributed by atoms with Crippen molar-refractivity contribution in [3.63, 3.8) is 0 Å². The molecule has 4 aromatic heterocycles. The number of piperidine rings is 1. The van der Waals surface area contributed by atoms with Gasteiger partial charge in [-0.2, -0.15) is 5.10 Å². The summed E-state index contributed by atoms with van der Waals surface area (Å²) < 4.78 is 36.4. The van der Waals surface area contributed by atoms with E-state index in [1.165, 1.54) is 3.97 Å². The summed E-state index contributed by atoms with van der Waals surface area (Å²) in [4.78, 5) is 17.9. The predicted molar refractivity (Wildman–Crippen MR) is 162 cm³/mol. The van der Waals surface area contributed by atoms with Crippen LogP contribution in [0.3, 0.4) is 0 Å². The van der Waals surface area contributed by atoms with Crippen LogP contribution in [0.2, 0.25) is 0 Å². The van der Waals surface area contributed by atoms with Crippen molar-refractivity contribution in [1.82, 2.24) is 33.6 Å². The van der Waals surface area contributed by atoms with E-state index in [2.05, 4.69) is 16.8 Å². The summed E-state index contributed by atoms with van der Waals surface area (Å²) in [5, 5.41) is 5.79. The lowest BCUT2D eigenvalue weighted by atomic mass is 10.0. The van der Waals surface area contributed by atoms with E-state index in [1.807, 2.05) is 23.3 Å². The minimum atomic E-state index is -3.90. The predicted octanol–water partition coefficient (Wildman–Crippen LogP) is 5.21. The SMILES string of the molecule is CCN1CCC(n2cc(-c3cn(S(=O)(=O)c4ccccc4)c4ncc(-c5cnc(C6CCOCC6)s5)nc34)cn2)CC1. The number of benzene rings is 1. The minimum absolute atomic E-state index is 0.196. The third kappa shape index (κ3) is 5.06. The molecule has 0 bridgehead atoms. The molecule has 0 N–H and O–H groups in total. The van der Waals surface area contributed by atoms with Crippen molar-refractivity contribution in [3.8, 4) is 21.7 Å². The molecule has 0 aliphatic carbocycles. The number of hydrogen-bond donors (Lipinski definition) is 0. The standard InChI is InChI=1S/C30H33N7O3S2/c1-2-35-12-8-23(9-13-35)36-19-22(16-33-36)25-20-37(42(38,39)24-6-4-3-5-7-24)29-28(25)34-26(17-31-29)27-18-32-30(41-27)21-10-14-40-15-11-21/h3-7,16-21,23H,2,8-15H2,1H3. The first kappa shape index (κ1) is 27.4. The van der Waals surface area contributed by atoms with E-state index >= 15 is 0 Å². The molecule has 5 aromatic rings. The molecule has 6 heterocycles. The molecular formula is C30H33N7O3S2. The highest BCUT2D eigenvalue weighted by molar-refractivity contribution is 7.90. The van der Waals surface area contributed by atoms with E-state index < -0.39 is 10.0 Å². The van der Waals surface area contributed by atoms with Gasteiger partial charge in [-0.3, -0.25) is 4.68 Å². The summed E-state index contributed by atoms with van der Waals surface area (Å²) in [7, 11) is -3.90. The summed E-state index contributed by atoms with van der Waals surface area (Å²) in [6.45, 7) is 6.85.